The van der Waals surface area contributed by atoms with Crippen LogP contribution < -0.4 is 0 Å². The van der Waals surface area contributed by atoms with E-state index in [4.69, 9.17) is 18.6 Å². The first-order chi connectivity index (χ1) is 17.7. The Labute approximate surface area is 223 Å². The lowest BCUT2D eigenvalue weighted by Gasteiger charge is -2.40. The molecule has 5 rings (SSSR count). The van der Waals surface area contributed by atoms with Crippen molar-refractivity contribution in [2.24, 2.45) is 0 Å². The van der Waals surface area contributed by atoms with Crippen molar-refractivity contribution in [1.82, 2.24) is 0 Å². The van der Waals surface area contributed by atoms with E-state index in [-0.39, 0.29) is 29.5 Å². The normalized spacial score (nSPS) is 24.2. The molecule has 2 aliphatic rings. The van der Waals surface area contributed by atoms with Gasteiger partial charge in [-0.3, -0.25) is 0 Å². The molecule has 4 nitrogen and oxygen atoms in total. The summed E-state index contributed by atoms with van der Waals surface area (Å²) in [7, 11) is -2.00. The Kier molecular flexibility index (Phi) is 7.45. The van der Waals surface area contributed by atoms with Gasteiger partial charge in [-0.05, 0) is 34.8 Å². The second kappa shape index (κ2) is 10.5. The molecule has 196 valence electrons. The first kappa shape index (κ1) is 26.3. The lowest BCUT2D eigenvalue weighted by molar-refractivity contribution is -0.0830. The van der Waals surface area contributed by atoms with Gasteiger partial charge in [0.05, 0.1) is 25.4 Å². The average Bonchev–Trinajstić information content (AvgIpc) is 3.67. The minimum Gasteiger partial charge on any atom is -0.411 e. The molecular formula is C32H40O4Si. The van der Waals surface area contributed by atoms with Crippen LogP contribution in [0.5, 0.6) is 0 Å². The quantitative estimate of drug-likeness (QED) is 0.175. The molecule has 0 saturated carbocycles. The summed E-state index contributed by atoms with van der Waals surface area (Å²) in [4.78, 5) is 0. The minimum absolute atomic E-state index is 0.0184. The molecule has 0 unspecified atom stereocenters. The Bertz CT molecular complexity index is 1040. The summed E-state index contributed by atoms with van der Waals surface area (Å²) in [6.07, 6.45) is 0.898. The summed E-state index contributed by atoms with van der Waals surface area (Å²) in [6.45, 7) is 12.7. The standard InChI is InChI=1S/C32H40O4Si/c1-31(2,3)37(4,5)36-28-21-27(29-22-33-29)35-30(28)23-34-32(24-15-9-6-10-16-24,25-17-11-7-12-18-25)26-19-13-8-14-20-26/h6-20,27-30H,21-23H2,1-5H3/t27-,28-,29+,30-/m0/s1. The summed E-state index contributed by atoms with van der Waals surface area (Å²) in [6, 6.07) is 31.5. The van der Waals surface area contributed by atoms with Crippen LogP contribution in [0, 0.1) is 0 Å². The SMILES string of the molecule is CC(C)(C)[Si](C)(C)O[C@H]1C[C@@H]([C@H]2CO2)O[C@H]1COC(c1ccccc1)(c1ccccc1)c1ccccc1. The van der Waals surface area contributed by atoms with E-state index in [0.717, 1.165) is 29.7 Å². The molecule has 5 heteroatoms. The Hall–Kier alpha value is -2.28. The van der Waals surface area contributed by atoms with Crippen molar-refractivity contribution in [2.75, 3.05) is 13.2 Å². The topological polar surface area (TPSA) is 40.2 Å². The minimum atomic E-state index is -2.00. The van der Waals surface area contributed by atoms with E-state index in [2.05, 4.69) is 107 Å². The molecule has 37 heavy (non-hydrogen) atoms. The molecule has 0 amide bonds. The Morgan fingerprint density at radius 1 is 0.757 bits per heavy atom. The van der Waals surface area contributed by atoms with Gasteiger partial charge in [0.2, 0.25) is 0 Å². The molecule has 0 radical (unpaired) electrons. The van der Waals surface area contributed by atoms with Crippen LogP contribution in [0.4, 0.5) is 0 Å². The summed E-state index contributed by atoms with van der Waals surface area (Å²) in [5, 5.41) is 0.119. The van der Waals surface area contributed by atoms with Crippen LogP contribution in [0.1, 0.15) is 43.9 Å². The Morgan fingerprint density at radius 2 is 1.22 bits per heavy atom. The summed E-state index contributed by atoms with van der Waals surface area (Å²) < 4.78 is 26.3. The third kappa shape index (κ3) is 5.47. The molecule has 0 bridgehead atoms. The van der Waals surface area contributed by atoms with Gasteiger partial charge in [-0.25, -0.2) is 0 Å². The van der Waals surface area contributed by atoms with E-state index >= 15 is 0 Å². The van der Waals surface area contributed by atoms with Crippen molar-refractivity contribution in [3.8, 4) is 0 Å². The monoisotopic (exact) mass is 516 g/mol. The number of benzene rings is 3. The van der Waals surface area contributed by atoms with Crippen molar-refractivity contribution in [3.05, 3.63) is 108 Å². The van der Waals surface area contributed by atoms with Crippen LogP contribution in [0.15, 0.2) is 91.0 Å². The van der Waals surface area contributed by atoms with Crippen LogP contribution in [0.25, 0.3) is 0 Å². The van der Waals surface area contributed by atoms with Crippen molar-refractivity contribution < 1.29 is 18.6 Å². The summed E-state index contributed by atoms with van der Waals surface area (Å²) in [5.41, 5.74) is 2.50. The maximum Gasteiger partial charge on any atom is 0.192 e. The van der Waals surface area contributed by atoms with Gasteiger partial charge in [-0.1, -0.05) is 112 Å². The zero-order valence-electron chi connectivity index (χ0n) is 22.7. The fraction of sp³-hybridized carbons (Fsp3) is 0.438. The van der Waals surface area contributed by atoms with Crippen LogP contribution in [-0.4, -0.2) is 45.9 Å². The number of hydrogen-bond acceptors (Lipinski definition) is 4. The predicted octanol–water partition coefficient (Wildman–Crippen LogP) is 6.94. The van der Waals surface area contributed by atoms with Crippen LogP contribution in [0.3, 0.4) is 0 Å². The third-order valence-electron chi connectivity index (χ3n) is 8.26. The van der Waals surface area contributed by atoms with Crippen molar-refractivity contribution in [2.45, 2.75) is 75.3 Å². The number of hydrogen-bond donors (Lipinski definition) is 0. The van der Waals surface area contributed by atoms with Gasteiger partial charge in [0, 0.05) is 6.42 Å². The van der Waals surface area contributed by atoms with Gasteiger partial charge in [-0.2, -0.15) is 0 Å². The molecule has 2 aliphatic heterocycles. The highest BCUT2D eigenvalue weighted by molar-refractivity contribution is 6.74. The van der Waals surface area contributed by atoms with E-state index < -0.39 is 13.9 Å². The third-order valence-corrected chi connectivity index (χ3v) is 12.8. The smallest absolute Gasteiger partial charge is 0.192 e. The van der Waals surface area contributed by atoms with Gasteiger partial charge < -0.3 is 18.6 Å². The first-order valence-corrected chi connectivity index (χ1v) is 16.4. The van der Waals surface area contributed by atoms with Crippen molar-refractivity contribution >= 4 is 8.32 Å². The van der Waals surface area contributed by atoms with Gasteiger partial charge in [0.1, 0.15) is 17.8 Å². The maximum absolute atomic E-state index is 7.12. The molecular weight excluding hydrogens is 476 g/mol. The average molecular weight is 517 g/mol. The molecule has 0 aromatic heterocycles. The zero-order chi connectivity index (χ0) is 26.1. The van der Waals surface area contributed by atoms with Gasteiger partial charge in [0.15, 0.2) is 8.32 Å². The van der Waals surface area contributed by atoms with E-state index in [1.807, 2.05) is 18.2 Å². The van der Waals surface area contributed by atoms with Crippen LogP contribution >= 0.6 is 0 Å². The summed E-state index contributed by atoms with van der Waals surface area (Å²) in [5.74, 6) is 0. The Morgan fingerprint density at radius 3 is 1.62 bits per heavy atom. The van der Waals surface area contributed by atoms with Gasteiger partial charge in [-0.15, -0.1) is 0 Å². The molecule has 2 fully saturated rings. The number of rotatable bonds is 9. The highest BCUT2D eigenvalue weighted by Gasteiger charge is 2.49. The van der Waals surface area contributed by atoms with E-state index in [1.54, 1.807) is 0 Å². The van der Waals surface area contributed by atoms with Crippen LogP contribution in [0.2, 0.25) is 18.1 Å². The molecule has 0 aliphatic carbocycles. The number of epoxide rings is 1. The van der Waals surface area contributed by atoms with E-state index in [9.17, 15) is 0 Å². The second-order valence-electron chi connectivity index (χ2n) is 11.8. The molecule has 2 heterocycles. The fourth-order valence-electron chi connectivity index (χ4n) is 5.06. The predicted molar refractivity (Wildman–Crippen MR) is 150 cm³/mol. The lowest BCUT2D eigenvalue weighted by atomic mass is 9.80. The van der Waals surface area contributed by atoms with E-state index in [1.165, 1.54) is 0 Å². The van der Waals surface area contributed by atoms with Crippen LogP contribution in [-0.2, 0) is 24.2 Å². The first-order valence-electron chi connectivity index (χ1n) is 13.5. The van der Waals surface area contributed by atoms with Crippen molar-refractivity contribution in [3.63, 3.8) is 0 Å². The van der Waals surface area contributed by atoms with Gasteiger partial charge >= 0.3 is 0 Å². The second-order valence-corrected chi connectivity index (χ2v) is 16.6. The highest BCUT2D eigenvalue weighted by Crippen LogP contribution is 2.44. The lowest BCUT2D eigenvalue weighted by Crippen LogP contribution is -2.47. The molecule has 0 spiro atoms. The fourth-order valence-corrected chi connectivity index (χ4v) is 6.42. The highest BCUT2D eigenvalue weighted by atomic mass is 28.4. The molecule has 3 aromatic carbocycles. The molecule has 3 aromatic rings. The van der Waals surface area contributed by atoms with E-state index in [0.29, 0.717) is 6.61 Å². The van der Waals surface area contributed by atoms with Crippen molar-refractivity contribution in [1.29, 1.82) is 0 Å². The molecule has 0 N–H and O–H groups in total. The summed E-state index contributed by atoms with van der Waals surface area (Å²) >= 11 is 0. The Balaban J connectivity index is 1.51. The van der Waals surface area contributed by atoms with Gasteiger partial charge in [0.25, 0.3) is 0 Å². The zero-order valence-corrected chi connectivity index (χ0v) is 23.7. The molecule has 2 saturated heterocycles. The molecule has 4 atom stereocenters. The largest absolute Gasteiger partial charge is 0.411 e. The maximum atomic E-state index is 7.12. The number of ether oxygens (including phenoxy) is 3.